The molecule has 3 rings (SSSR count). The number of aromatic nitrogens is 2. The summed E-state index contributed by atoms with van der Waals surface area (Å²) < 4.78 is 5.93. The fraction of sp³-hybridized carbons (Fsp3) is 0.714. The van der Waals surface area contributed by atoms with E-state index in [4.69, 9.17) is 4.74 Å². The van der Waals surface area contributed by atoms with E-state index < -0.39 is 0 Å². The first kappa shape index (κ1) is 13.6. The third-order valence-electron chi connectivity index (χ3n) is 4.02. The summed E-state index contributed by atoms with van der Waals surface area (Å²) in [7, 11) is 3.88. The molecule has 2 unspecified atom stereocenters. The molecule has 3 heterocycles. The van der Waals surface area contributed by atoms with Gasteiger partial charge in [0.1, 0.15) is 5.82 Å². The molecule has 2 aliphatic rings. The van der Waals surface area contributed by atoms with Gasteiger partial charge in [-0.2, -0.15) is 4.98 Å². The van der Waals surface area contributed by atoms with Crippen LogP contribution in [0.2, 0.25) is 0 Å². The fourth-order valence-electron chi connectivity index (χ4n) is 2.89. The molecule has 1 aromatic rings. The molecule has 20 heavy (non-hydrogen) atoms. The molecule has 6 heteroatoms. The molecular formula is C14H23N5O. The Morgan fingerprint density at radius 2 is 2.40 bits per heavy atom. The van der Waals surface area contributed by atoms with Crippen LogP contribution in [0.15, 0.2) is 12.3 Å². The van der Waals surface area contributed by atoms with Crippen LogP contribution in [0.1, 0.15) is 12.8 Å². The van der Waals surface area contributed by atoms with Crippen LogP contribution in [0.5, 0.6) is 0 Å². The van der Waals surface area contributed by atoms with E-state index in [0.717, 1.165) is 31.5 Å². The zero-order valence-electron chi connectivity index (χ0n) is 12.2. The van der Waals surface area contributed by atoms with E-state index in [9.17, 15) is 0 Å². The maximum absolute atomic E-state index is 5.93. The third kappa shape index (κ3) is 3.02. The predicted molar refractivity (Wildman–Crippen MR) is 79.2 cm³/mol. The van der Waals surface area contributed by atoms with Crippen molar-refractivity contribution in [3.63, 3.8) is 0 Å². The van der Waals surface area contributed by atoms with Crippen molar-refractivity contribution < 1.29 is 4.74 Å². The zero-order chi connectivity index (χ0) is 13.9. The van der Waals surface area contributed by atoms with Crippen molar-refractivity contribution in [2.24, 2.45) is 0 Å². The van der Waals surface area contributed by atoms with Crippen LogP contribution in [0.25, 0.3) is 0 Å². The molecular weight excluding hydrogens is 254 g/mol. The number of fused-ring (bicyclic) bond motifs is 1. The van der Waals surface area contributed by atoms with Crippen LogP contribution in [0.3, 0.4) is 0 Å². The van der Waals surface area contributed by atoms with Crippen LogP contribution in [-0.2, 0) is 4.74 Å². The molecule has 2 saturated heterocycles. The lowest BCUT2D eigenvalue weighted by atomic mass is 10.2. The largest absolute Gasteiger partial charge is 0.373 e. The first-order chi connectivity index (χ1) is 9.72. The van der Waals surface area contributed by atoms with Crippen molar-refractivity contribution in [2.75, 3.05) is 50.6 Å². The molecule has 1 aromatic heterocycles. The molecule has 0 aromatic carbocycles. The predicted octanol–water partition coefficient (Wildman–Crippen LogP) is 0.818. The topological polar surface area (TPSA) is 53.5 Å². The summed E-state index contributed by atoms with van der Waals surface area (Å²) in [6.07, 6.45) is 4.63. The molecule has 0 aliphatic carbocycles. The Morgan fingerprint density at radius 1 is 1.50 bits per heavy atom. The Labute approximate surface area is 120 Å². The highest BCUT2D eigenvalue weighted by atomic mass is 16.5. The number of rotatable bonds is 4. The summed E-state index contributed by atoms with van der Waals surface area (Å²) in [4.78, 5) is 13.1. The molecule has 0 radical (unpaired) electrons. The van der Waals surface area contributed by atoms with Crippen molar-refractivity contribution in [1.82, 2.24) is 14.9 Å². The number of nitrogens with one attached hydrogen (secondary N) is 1. The lowest BCUT2D eigenvalue weighted by Crippen LogP contribution is -2.48. The highest BCUT2D eigenvalue weighted by molar-refractivity contribution is 5.40. The molecule has 2 aliphatic heterocycles. The van der Waals surface area contributed by atoms with E-state index in [2.05, 4.69) is 20.2 Å². The summed E-state index contributed by atoms with van der Waals surface area (Å²) in [6, 6.07) is 2.56. The minimum atomic E-state index is 0.252. The summed E-state index contributed by atoms with van der Waals surface area (Å²) in [5.41, 5.74) is 0. The molecule has 0 bridgehead atoms. The SMILES string of the molecule is CN(C)c1nccc(NCC2CN3CCCC3CO2)n1. The van der Waals surface area contributed by atoms with Gasteiger partial charge in [0.05, 0.1) is 12.7 Å². The van der Waals surface area contributed by atoms with Gasteiger partial charge in [0.25, 0.3) is 0 Å². The van der Waals surface area contributed by atoms with Gasteiger partial charge in [0.15, 0.2) is 0 Å². The van der Waals surface area contributed by atoms with E-state index in [-0.39, 0.29) is 6.10 Å². The quantitative estimate of drug-likeness (QED) is 0.879. The van der Waals surface area contributed by atoms with Gasteiger partial charge in [-0.25, -0.2) is 4.98 Å². The van der Waals surface area contributed by atoms with Gasteiger partial charge in [-0.1, -0.05) is 0 Å². The number of ether oxygens (including phenoxy) is 1. The van der Waals surface area contributed by atoms with Crippen LogP contribution in [0, 0.1) is 0 Å². The average Bonchev–Trinajstić information content (AvgIpc) is 2.93. The zero-order valence-corrected chi connectivity index (χ0v) is 12.2. The van der Waals surface area contributed by atoms with E-state index in [1.54, 1.807) is 6.20 Å². The smallest absolute Gasteiger partial charge is 0.226 e. The van der Waals surface area contributed by atoms with Crippen molar-refractivity contribution in [3.8, 4) is 0 Å². The average molecular weight is 277 g/mol. The number of nitrogens with zero attached hydrogens (tertiary/aromatic N) is 4. The van der Waals surface area contributed by atoms with Gasteiger partial charge in [-0.15, -0.1) is 0 Å². The van der Waals surface area contributed by atoms with Crippen LogP contribution >= 0.6 is 0 Å². The van der Waals surface area contributed by atoms with E-state index in [1.807, 2.05) is 25.1 Å². The molecule has 0 saturated carbocycles. The Morgan fingerprint density at radius 3 is 3.25 bits per heavy atom. The summed E-state index contributed by atoms with van der Waals surface area (Å²) in [5, 5.41) is 3.36. The van der Waals surface area contributed by atoms with Crippen molar-refractivity contribution in [1.29, 1.82) is 0 Å². The Balaban J connectivity index is 1.53. The van der Waals surface area contributed by atoms with Crippen LogP contribution < -0.4 is 10.2 Å². The second-order valence-electron chi connectivity index (χ2n) is 5.76. The highest BCUT2D eigenvalue weighted by Crippen LogP contribution is 2.22. The van der Waals surface area contributed by atoms with Gasteiger partial charge in [-0.3, -0.25) is 4.90 Å². The van der Waals surface area contributed by atoms with E-state index in [0.29, 0.717) is 6.04 Å². The van der Waals surface area contributed by atoms with Gasteiger partial charge in [0.2, 0.25) is 5.95 Å². The van der Waals surface area contributed by atoms with Gasteiger partial charge in [0, 0.05) is 39.4 Å². The Kier molecular flexibility index (Phi) is 4.03. The molecule has 6 nitrogen and oxygen atoms in total. The van der Waals surface area contributed by atoms with Crippen LogP contribution in [0.4, 0.5) is 11.8 Å². The lowest BCUT2D eigenvalue weighted by molar-refractivity contribution is -0.0416. The van der Waals surface area contributed by atoms with Gasteiger partial charge in [-0.05, 0) is 25.5 Å². The van der Waals surface area contributed by atoms with Gasteiger partial charge < -0.3 is 15.0 Å². The second kappa shape index (κ2) is 5.93. The van der Waals surface area contributed by atoms with Crippen LogP contribution in [-0.4, -0.2) is 67.4 Å². The maximum Gasteiger partial charge on any atom is 0.226 e. The summed E-state index contributed by atoms with van der Waals surface area (Å²) >= 11 is 0. The third-order valence-corrected chi connectivity index (χ3v) is 4.02. The van der Waals surface area contributed by atoms with E-state index >= 15 is 0 Å². The number of morpholine rings is 1. The second-order valence-corrected chi connectivity index (χ2v) is 5.76. The lowest BCUT2D eigenvalue weighted by Gasteiger charge is -2.35. The summed E-state index contributed by atoms with van der Waals surface area (Å²) in [6.45, 7) is 3.93. The number of anilines is 2. The molecule has 0 amide bonds. The molecule has 1 N–H and O–H groups in total. The first-order valence-electron chi connectivity index (χ1n) is 7.32. The number of hydrogen-bond acceptors (Lipinski definition) is 6. The van der Waals surface area contributed by atoms with Crippen molar-refractivity contribution in [2.45, 2.75) is 25.0 Å². The van der Waals surface area contributed by atoms with Crippen molar-refractivity contribution in [3.05, 3.63) is 12.3 Å². The van der Waals surface area contributed by atoms with E-state index in [1.165, 1.54) is 19.4 Å². The maximum atomic E-state index is 5.93. The van der Waals surface area contributed by atoms with Gasteiger partial charge >= 0.3 is 0 Å². The van der Waals surface area contributed by atoms with Crippen molar-refractivity contribution >= 4 is 11.8 Å². The molecule has 110 valence electrons. The fourth-order valence-corrected chi connectivity index (χ4v) is 2.89. The molecule has 0 spiro atoms. The minimum absolute atomic E-state index is 0.252. The molecule has 2 fully saturated rings. The minimum Gasteiger partial charge on any atom is -0.373 e. The summed E-state index contributed by atoms with van der Waals surface area (Å²) in [5.74, 6) is 1.58. The monoisotopic (exact) mass is 277 g/mol. The standard InChI is InChI=1S/C14H23N5O/c1-18(2)14-15-6-5-13(17-14)16-8-12-9-19-7-3-4-11(19)10-20-12/h5-6,11-12H,3-4,7-10H2,1-2H3,(H,15,16,17). The molecule has 2 atom stereocenters. The normalized spacial score (nSPS) is 26.3. The Hall–Kier alpha value is -1.40. The highest BCUT2D eigenvalue weighted by Gasteiger charge is 2.31. The first-order valence-corrected chi connectivity index (χ1v) is 7.32. The Bertz CT molecular complexity index is 453. The number of hydrogen-bond donors (Lipinski definition) is 1.